The molecule has 0 radical (unpaired) electrons. The van der Waals surface area contributed by atoms with Crippen LogP contribution in [-0.2, 0) is 0 Å². The topological polar surface area (TPSA) is 29.0 Å². The van der Waals surface area contributed by atoms with Crippen molar-refractivity contribution in [3.63, 3.8) is 0 Å². The van der Waals surface area contributed by atoms with Crippen LogP contribution >= 0.6 is 22.9 Å². The van der Waals surface area contributed by atoms with E-state index in [-0.39, 0.29) is 5.54 Å². The Morgan fingerprint density at radius 2 is 2.12 bits per heavy atom. The van der Waals surface area contributed by atoms with Crippen molar-refractivity contribution in [1.29, 1.82) is 0 Å². The van der Waals surface area contributed by atoms with Gasteiger partial charge in [0.15, 0.2) is 0 Å². The van der Waals surface area contributed by atoms with E-state index in [1.54, 1.807) is 17.7 Å². The van der Waals surface area contributed by atoms with E-state index >= 15 is 0 Å². The third kappa shape index (κ3) is 2.11. The summed E-state index contributed by atoms with van der Waals surface area (Å²) in [5.74, 6) is 1.51. The van der Waals surface area contributed by atoms with E-state index in [9.17, 15) is 0 Å². The summed E-state index contributed by atoms with van der Waals surface area (Å²) in [5.41, 5.74) is 2.11. The predicted molar refractivity (Wildman–Crippen MR) is 75.4 cm³/mol. The van der Waals surface area contributed by atoms with Crippen molar-refractivity contribution >= 4 is 39.0 Å². The highest BCUT2D eigenvalue weighted by Crippen LogP contribution is 2.33. The summed E-state index contributed by atoms with van der Waals surface area (Å²) < 4.78 is 1.13. The number of thiophene rings is 1. The van der Waals surface area contributed by atoms with Crippen molar-refractivity contribution in [3.05, 3.63) is 17.3 Å². The van der Waals surface area contributed by atoms with Crippen molar-refractivity contribution in [3.8, 4) is 0 Å². The minimum Gasteiger partial charge on any atom is -0.352 e. The van der Waals surface area contributed by atoms with Crippen LogP contribution in [0.3, 0.4) is 0 Å². The molecule has 0 aliphatic rings. The lowest BCUT2D eigenvalue weighted by molar-refractivity contribution is 0.542. The number of nitrogens with zero attached hydrogens (tertiary/aromatic N) is 3. The van der Waals surface area contributed by atoms with Crippen molar-refractivity contribution in [2.45, 2.75) is 26.3 Å². The molecule has 0 aliphatic carbocycles. The van der Waals surface area contributed by atoms with Crippen LogP contribution < -0.4 is 4.90 Å². The minimum absolute atomic E-state index is 0.124. The van der Waals surface area contributed by atoms with E-state index < -0.39 is 0 Å². The zero-order valence-electron chi connectivity index (χ0n) is 10.5. The largest absolute Gasteiger partial charge is 0.352 e. The number of aromatic nitrogens is 2. The monoisotopic (exact) mass is 269 g/mol. The SMILES string of the molecule is Cc1csc2c(N(C)C(C)(C)CCl)ncnc12. The Labute approximate surface area is 110 Å². The third-order valence-corrected chi connectivity index (χ3v) is 4.80. The zero-order chi connectivity index (χ0) is 12.6. The fraction of sp³-hybridized carbons (Fsp3) is 0.500. The Bertz CT molecular complexity index is 536. The highest BCUT2D eigenvalue weighted by atomic mass is 35.5. The van der Waals surface area contributed by atoms with Gasteiger partial charge in [-0.05, 0) is 31.7 Å². The summed E-state index contributed by atoms with van der Waals surface area (Å²) >= 11 is 7.70. The van der Waals surface area contributed by atoms with Crippen LogP contribution in [0.25, 0.3) is 10.2 Å². The third-order valence-electron chi connectivity index (χ3n) is 3.06. The molecule has 92 valence electrons. The number of alkyl halides is 1. The van der Waals surface area contributed by atoms with Gasteiger partial charge in [0.1, 0.15) is 12.1 Å². The van der Waals surface area contributed by atoms with Gasteiger partial charge in [-0.25, -0.2) is 9.97 Å². The first-order valence-corrected chi connectivity index (χ1v) is 6.87. The molecule has 0 saturated heterocycles. The maximum atomic E-state index is 6.01. The Morgan fingerprint density at radius 3 is 2.76 bits per heavy atom. The molecular weight excluding hydrogens is 254 g/mol. The van der Waals surface area contributed by atoms with E-state index in [2.05, 4.69) is 41.0 Å². The number of rotatable bonds is 3. The molecule has 2 aromatic heterocycles. The molecule has 2 aromatic rings. The van der Waals surface area contributed by atoms with Gasteiger partial charge in [0.25, 0.3) is 0 Å². The van der Waals surface area contributed by atoms with E-state index in [1.807, 2.05) is 7.05 Å². The molecule has 17 heavy (non-hydrogen) atoms. The highest BCUT2D eigenvalue weighted by molar-refractivity contribution is 7.18. The smallest absolute Gasteiger partial charge is 0.150 e. The summed E-state index contributed by atoms with van der Waals surface area (Å²) in [6.45, 7) is 6.28. The molecule has 0 N–H and O–H groups in total. The van der Waals surface area contributed by atoms with Gasteiger partial charge in [-0.15, -0.1) is 22.9 Å². The average Bonchev–Trinajstić information content (AvgIpc) is 2.70. The zero-order valence-corrected chi connectivity index (χ0v) is 12.1. The number of halogens is 1. The van der Waals surface area contributed by atoms with E-state index in [1.165, 1.54) is 5.56 Å². The molecule has 2 rings (SSSR count). The Balaban J connectivity index is 2.56. The van der Waals surface area contributed by atoms with Crippen LogP contribution in [0.5, 0.6) is 0 Å². The second kappa shape index (κ2) is 4.42. The van der Waals surface area contributed by atoms with Crippen LogP contribution in [0, 0.1) is 6.92 Å². The predicted octanol–water partition coefficient (Wildman–Crippen LogP) is 3.45. The number of fused-ring (bicyclic) bond motifs is 1. The molecule has 0 fully saturated rings. The number of aryl methyl sites for hydroxylation is 1. The maximum absolute atomic E-state index is 6.01. The van der Waals surface area contributed by atoms with Gasteiger partial charge in [-0.1, -0.05) is 0 Å². The standard InChI is InChI=1S/C12H16ClN3S/c1-8-5-17-10-9(8)14-7-15-11(10)16(4)12(2,3)6-13/h5,7H,6H2,1-4H3. The van der Waals surface area contributed by atoms with Crippen LogP contribution in [0.4, 0.5) is 5.82 Å². The van der Waals surface area contributed by atoms with Crippen LogP contribution in [0.2, 0.25) is 0 Å². The summed E-state index contributed by atoms with van der Waals surface area (Å²) in [6.07, 6.45) is 1.62. The second-order valence-corrected chi connectivity index (χ2v) is 5.95. The van der Waals surface area contributed by atoms with Gasteiger partial charge in [0.2, 0.25) is 0 Å². The van der Waals surface area contributed by atoms with Crippen molar-refractivity contribution in [2.75, 3.05) is 17.8 Å². The van der Waals surface area contributed by atoms with Gasteiger partial charge in [0, 0.05) is 18.5 Å². The van der Waals surface area contributed by atoms with E-state index in [0.717, 1.165) is 16.0 Å². The van der Waals surface area contributed by atoms with Crippen molar-refractivity contribution in [2.24, 2.45) is 0 Å². The molecule has 0 aromatic carbocycles. The molecule has 0 unspecified atom stereocenters. The second-order valence-electron chi connectivity index (χ2n) is 4.80. The van der Waals surface area contributed by atoms with Gasteiger partial charge >= 0.3 is 0 Å². The van der Waals surface area contributed by atoms with Crippen LogP contribution in [0.1, 0.15) is 19.4 Å². The average molecular weight is 270 g/mol. The molecular formula is C12H16ClN3S. The molecule has 0 amide bonds. The number of hydrogen-bond donors (Lipinski definition) is 0. The maximum Gasteiger partial charge on any atom is 0.150 e. The lowest BCUT2D eigenvalue weighted by Gasteiger charge is -2.34. The summed E-state index contributed by atoms with van der Waals surface area (Å²) in [5, 5.41) is 2.12. The summed E-state index contributed by atoms with van der Waals surface area (Å²) in [6, 6.07) is 0. The Kier molecular flexibility index (Phi) is 3.27. The normalized spacial score (nSPS) is 12.1. The van der Waals surface area contributed by atoms with Gasteiger partial charge < -0.3 is 4.90 Å². The Morgan fingerprint density at radius 1 is 1.41 bits per heavy atom. The molecule has 0 spiro atoms. The molecule has 2 heterocycles. The molecule has 0 aliphatic heterocycles. The van der Waals surface area contributed by atoms with Gasteiger partial charge in [0.05, 0.1) is 10.2 Å². The van der Waals surface area contributed by atoms with Crippen LogP contribution in [-0.4, -0.2) is 28.4 Å². The lowest BCUT2D eigenvalue weighted by Crippen LogP contribution is -2.43. The summed E-state index contributed by atoms with van der Waals surface area (Å²) in [7, 11) is 2.03. The molecule has 0 bridgehead atoms. The van der Waals surface area contributed by atoms with E-state index in [0.29, 0.717) is 5.88 Å². The molecule has 3 nitrogen and oxygen atoms in total. The molecule has 5 heteroatoms. The van der Waals surface area contributed by atoms with Crippen molar-refractivity contribution < 1.29 is 0 Å². The first-order chi connectivity index (χ1) is 7.97. The minimum atomic E-state index is -0.124. The number of anilines is 1. The lowest BCUT2D eigenvalue weighted by atomic mass is 10.1. The summed E-state index contributed by atoms with van der Waals surface area (Å²) in [4.78, 5) is 10.9. The van der Waals surface area contributed by atoms with E-state index in [4.69, 9.17) is 11.6 Å². The van der Waals surface area contributed by atoms with Crippen molar-refractivity contribution in [1.82, 2.24) is 9.97 Å². The first-order valence-electron chi connectivity index (χ1n) is 5.46. The Hall–Kier alpha value is -0.870. The molecule has 0 saturated carbocycles. The van der Waals surface area contributed by atoms with Gasteiger partial charge in [-0.2, -0.15) is 0 Å². The molecule has 0 atom stereocenters. The fourth-order valence-corrected chi connectivity index (χ4v) is 2.78. The fourth-order valence-electron chi connectivity index (χ4n) is 1.57. The van der Waals surface area contributed by atoms with Gasteiger partial charge in [-0.3, -0.25) is 0 Å². The highest BCUT2D eigenvalue weighted by Gasteiger charge is 2.25. The first kappa shape index (κ1) is 12.6. The quantitative estimate of drug-likeness (QED) is 0.799. The van der Waals surface area contributed by atoms with Crippen LogP contribution in [0.15, 0.2) is 11.7 Å². The number of hydrogen-bond acceptors (Lipinski definition) is 4.